The minimum Gasteiger partial charge on any atom is -0.455 e. The Bertz CT molecular complexity index is 4240. The molecule has 0 saturated heterocycles. The maximum atomic E-state index is 17.7. The van der Waals surface area contributed by atoms with Gasteiger partial charge in [0.25, 0.3) is 0 Å². The molecule has 10 aromatic carbocycles. The molecule has 0 radical (unpaired) electrons. The van der Waals surface area contributed by atoms with Crippen LogP contribution in [0.4, 0.5) is 34.1 Å². The summed E-state index contributed by atoms with van der Waals surface area (Å²) < 4.78 is 64.2. The van der Waals surface area contributed by atoms with Crippen LogP contribution in [0.1, 0.15) is 49.9 Å². The van der Waals surface area contributed by atoms with E-state index in [-0.39, 0.29) is 0 Å². The zero-order valence-corrected chi connectivity index (χ0v) is 42.2. The van der Waals surface area contributed by atoms with Crippen LogP contribution in [0, 0.1) is 0 Å². The highest BCUT2D eigenvalue weighted by atomic mass is 31.2. The zero-order chi connectivity index (χ0) is 49.1. The quantitative estimate of drug-likeness (QED) is 0.159. The summed E-state index contributed by atoms with van der Waals surface area (Å²) in [4.78, 5) is 4.54. The molecule has 6 heterocycles. The predicted molar refractivity (Wildman–Crippen MR) is 295 cm³/mol. The third-order valence-corrected chi connectivity index (χ3v) is 23.8. The van der Waals surface area contributed by atoms with Crippen LogP contribution in [0.5, 0.6) is 46.0 Å². The van der Waals surface area contributed by atoms with Gasteiger partial charge in [0.1, 0.15) is 56.6 Å². The van der Waals surface area contributed by atoms with E-state index in [0.29, 0.717) is 77.8 Å². The average Bonchev–Trinajstić information content (AvgIpc) is 3.79. The van der Waals surface area contributed by atoms with Gasteiger partial charge in [0, 0.05) is 44.1 Å². The van der Waals surface area contributed by atoms with Crippen molar-refractivity contribution >= 4 is 91.0 Å². The lowest BCUT2D eigenvalue weighted by Gasteiger charge is -2.47. The number of nitrogens with zero attached hydrogens (tertiary/aromatic N) is 2. The second-order valence-corrected chi connectivity index (χ2v) is 26.9. The number of fused-ring (bicyclic) bond motifs is 11. The molecule has 8 aliphatic rings. The number of benzene rings is 10. The molecule has 2 unspecified atom stereocenters. The minimum atomic E-state index is -3.84. The lowest BCUT2D eigenvalue weighted by atomic mass is 9.81. The first-order valence-corrected chi connectivity index (χ1v) is 28.6. The first-order valence-electron chi connectivity index (χ1n) is 25.2. The molecule has 0 N–H and O–H groups in total. The normalized spacial score (nSPS) is 20.2. The second-order valence-electron chi connectivity index (χ2n) is 21.7. The standard InChI is InChI=1S/C64H40N2O6P2/c1-63(2)41-23-13-11-21-35(41)37-29-43-57-55(51(37)63)71-47-27-15-25-45-59(47)73(57,67)61-49(69-45)31-40-39(53(61)65(43)33-17-7-5-8-18-33)32-50-62-54(40)66(34-19-9-6-10-20-34)44-30-38-36-22-12-14-24-42(36)64(3,4)52(38)56-58(44)74(62,68)60-46(70-50)26-16-28-48(60)72-56/h5-32H,1-4H3. The molecule has 0 bridgehead atoms. The van der Waals surface area contributed by atoms with Crippen molar-refractivity contribution in [2.24, 2.45) is 0 Å². The molecule has 0 saturated carbocycles. The van der Waals surface area contributed by atoms with Crippen molar-refractivity contribution < 1.29 is 28.1 Å². The van der Waals surface area contributed by atoms with Gasteiger partial charge in [-0.15, -0.1) is 0 Å². The highest BCUT2D eigenvalue weighted by Crippen LogP contribution is 2.72. The van der Waals surface area contributed by atoms with Crippen LogP contribution in [0.3, 0.4) is 0 Å². The van der Waals surface area contributed by atoms with Gasteiger partial charge < -0.3 is 37.9 Å². The summed E-state index contributed by atoms with van der Waals surface area (Å²) in [5.74, 6) is 4.28. The number of rotatable bonds is 2. The lowest BCUT2D eigenvalue weighted by molar-refractivity contribution is 0.451. The van der Waals surface area contributed by atoms with Crippen molar-refractivity contribution in [2.75, 3.05) is 9.80 Å². The molecule has 0 aromatic heterocycles. The van der Waals surface area contributed by atoms with Crippen molar-refractivity contribution in [3.05, 3.63) is 192 Å². The number of hydrogen-bond acceptors (Lipinski definition) is 8. The Morgan fingerprint density at radius 2 is 0.743 bits per heavy atom. The van der Waals surface area contributed by atoms with Gasteiger partial charge in [-0.1, -0.05) is 125 Å². The van der Waals surface area contributed by atoms with Crippen LogP contribution in [-0.2, 0) is 20.0 Å². The Morgan fingerprint density at radius 3 is 1.16 bits per heavy atom. The largest absolute Gasteiger partial charge is 0.455 e. The minimum absolute atomic E-state index is 0.466. The van der Waals surface area contributed by atoms with Crippen molar-refractivity contribution in [1.29, 1.82) is 0 Å². The van der Waals surface area contributed by atoms with E-state index in [1.807, 2.05) is 72.8 Å². The summed E-state index contributed by atoms with van der Waals surface area (Å²) >= 11 is 0. The van der Waals surface area contributed by atoms with E-state index in [4.69, 9.17) is 18.9 Å². The molecule has 10 heteroatoms. The van der Waals surface area contributed by atoms with Crippen molar-refractivity contribution in [3.63, 3.8) is 0 Å². The number of anilines is 6. The van der Waals surface area contributed by atoms with Crippen LogP contribution in [0.25, 0.3) is 33.0 Å². The third-order valence-electron chi connectivity index (χ3n) is 17.4. The maximum Gasteiger partial charge on any atom is 0.189 e. The number of para-hydroxylation sites is 2. The maximum absolute atomic E-state index is 17.7. The Labute approximate surface area is 425 Å². The molecule has 0 amide bonds. The fourth-order valence-corrected chi connectivity index (χ4v) is 21.3. The van der Waals surface area contributed by atoms with Gasteiger partial charge in [0.05, 0.1) is 44.0 Å². The number of hydrogen-bond donors (Lipinski definition) is 0. The molecule has 352 valence electrons. The highest BCUT2D eigenvalue weighted by molar-refractivity contribution is 7.87. The van der Waals surface area contributed by atoms with Crippen molar-refractivity contribution in [1.82, 2.24) is 0 Å². The van der Waals surface area contributed by atoms with Crippen molar-refractivity contribution in [3.8, 4) is 68.2 Å². The summed E-state index contributed by atoms with van der Waals surface area (Å²) in [6.45, 7) is 8.97. The molecular formula is C64H40N2O6P2. The molecule has 2 atom stereocenters. The predicted octanol–water partition coefficient (Wildman–Crippen LogP) is 14.7. The Morgan fingerprint density at radius 1 is 0.365 bits per heavy atom. The summed E-state index contributed by atoms with van der Waals surface area (Å²) in [5.41, 5.74) is 12.6. The Hall–Kier alpha value is -8.28. The van der Waals surface area contributed by atoms with Crippen LogP contribution in [0.15, 0.2) is 170 Å². The van der Waals surface area contributed by atoms with Gasteiger partial charge >= 0.3 is 0 Å². The Kier molecular flexibility index (Phi) is 6.92. The molecule has 0 fully saturated rings. The monoisotopic (exact) mass is 994 g/mol. The van der Waals surface area contributed by atoms with E-state index in [1.165, 1.54) is 11.1 Å². The average molecular weight is 995 g/mol. The molecule has 2 aliphatic carbocycles. The zero-order valence-electron chi connectivity index (χ0n) is 40.4. The molecule has 18 rings (SSSR count). The fourth-order valence-electron chi connectivity index (χ4n) is 14.5. The third kappa shape index (κ3) is 4.29. The summed E-state index contributed by atoms with van der Waals surface area (Å²) in [5, 5.41) is 5.23. The van der Waals surface area contributed by atoms with Crippen LogP contribution < -0.4 is 60.6 Å². The summed E-state index contributed by atoms with van der Waals surface area (Å²) in [7, 11) is -7.69. The smallest absolute Gasteiger partial charge is 0.189 e. The molecule has 74 heavy (non-hydrogen) atoms. The van der Waals surface area contributed by atoms with Gasteiger partial charge in [-0.3, -0.25) is 0 Å². The molecular weight excluding hydrogens is 955 g/mol. The summed E-state index contributed by atoms with van der Waals surface area (Å²) in [6.07, 6.45) is 0. The molecule has 6 aliphatic heterocycles. The van der Waals surface area contributed by atoms with Gasteiger partial charge in [-0.2, -0.15) is 0 Å². The topological polar surface area (TPSA) is 77.5 Å². The van der Waals surface area contributed by atoms with Gasteiger partial charge in [-0.25, -0.2) is 0 Å². The van der Waals surface area contributed by atoms with Crippen LogP contribution >= 0.6 is 14.3 Å². The number of ether oxygens (including phenoxy) is 4. The lowest BCUT2D eigenvalue weighted by Crippen LogP contribution is -2.44. The Balaban J connectivity index is 1.04. The molecule has 8 nitrogen and oxygen atoms in total. The first kappa shape index (κ1) is 40.2. The second kappa shape index (κ2) is 12.7. The van der Waals surface area contributed by atoms with Crippen LogP contribution in [0.2, 0.25) is 0 Å². The highest BCUT2D eigenvalue weighted by Gasteiger charge is 2.60. The summed E-state index contributed by atoms with van der Waals surface area (Å²) in [6, 6.07) is 58.0. The van der Waals surface area contributed by atoms with E-state index in [2.05, 4.69) is 135 Å². The van der Waals surface area contributed by atoms with E-state index in [0.717, 1.165) is 78.3 Å². The molecule has 10 aromatic rings. The molecule has 0 spiro atoms. The SMILES string of the molecule is CC1(C)c2ccccc2-c2cc3c4c(c21)Oc1cccc2c1P4(=O)c1c(cc4c5c6c(cc4c1N3c1ccccc1)Oc1cccc3c1P6(=O)c1c(cc4c(c1O3)C(C)(C)c1ccccc1-4)N5c1ccccc1)O2. The van der Waals surface area contributed by atoms with Gasteiger partial charge in [-0.05, 0) is 106 Å². The van der Waals surface area contributed by atoms with Crippen molar-refractivity contribution in [2.45, 2.75) is 38.5 Å². The van der Waals surface area contributed by atoms with Gasteiger partial charge in [0.15, 0.2) is 14.3 Å². The van der Waals surface area contributed by atoms with E-state index < -0.39 is 25.1 Å². The fraction of sp³-hybridized carbons (Fsp3) is 0.0938. The first-order chi connectivity index (χ1) is 36.0. The van der Waals surface area contributed by atoms with Crippen LogP contribution in [-0.4, -0.2) is 0 Å². The van der Waals surface area contributed by atoms with Gasteiger partial charge in [0.2, 0.25) is 0 Å². The van der Waals surface area contributed by atoms with E-state index in [9.17, 15) is 0 Å². The van der Waals surface area contributed by atoms with E-state index in [1.54, 1.807) is 0 Å². The van der Waals surface area contributed by atoms with E-state index >= 15 is 9.13 Å².